The zero-order valence-electron chi connectivity index (χ0n) is 17.4. The number of thiazole rings is 1. The largest absolute Gasteiger partial charge is 0.484 e. The van der Waals surface area contributed by atoms with Gasteiger partial charge in [0.05, 0.1) is 5.69 Å². The molecule has 3 heterocycles. The predicted molar refractivity (Wildman–Crippen MR) is 116 cm³/mol. The summed E-state index contributed by atoms with van der Waals surface area (Å²) in [6, 6.07) is 5.72. The van der Waals surface area contributed by atoms with E-state index >= 15 is 0 Å². The summed E-state index contributed by atoms with van der Waals surface area (Å²) in [6.07, 6.45) is 2.55. The summed E-state index contributed by atoms with van der Waals surface area (Å²) in [7, 11) is 0. The van der Waals surface area contributed by atoms with Gasteiger partial charge in [-0.05, 0) is 56.1 Å². The fourth-order valence-electron chi connectivity index (χ4n) is 3.88. The Bertz CT molecular complexity index is 828. The third-order valence-electron chi connectivity index (χ3n) is 5.88. The summed E-state index contributed by atoms with van der Waals surface area (Å²) in [5, 5.41) is 3.21. The fourth-order valence-corrected chi connectivity index (χ4v) is 4.75. The lowest BCUT2D eigenvalue weighted by molar-refractivity contribution is -0.133. The first-order valence-corrected chi connectivity index (χ1v) is 11.5. The van der Waals surface area contributed by atoms with Crippen LogP contribution in [0.1, 0.15) is 25.5 Å². The lowest BCUT2D eigenvalue weighted by Gasteiger charge is -2.34. The van der Waals surface area contributed by atoms with Crippen LogP contribution in [0.3, 0.4) is 0 Å². The van der Waals surface area contributed by atoms with Gasteiger partial charge in [0.2, 0.25) is 0 Å². The molecule has 0 atom stereocenters. The van der Waals surface area contributed by atoms with Crippen LogP contribution in [0.25, 0.3) is 0 Å². The molecule has 0 N–H and O–H groups in total. The van der Waals surface area contributed by atoms with Gasteiger partial charge in [0.25, 0.3) is 5.91 Å². The minimum atomic E-state index is -0.319. The number of carbonyl (C=O) groups is 1. The molecule has 162 valence electrons. The van der Waals surface area contributed by atoms with Crippen LogP contribution in [0.4, 0.5) is 9.52 Å². The van der Waals surface area contributed by atoms with Crippen LogP contribution in [0, 0.1) is 11.7 Å². The average molecular weight is 433 g/mol. The van der Waals surface area contributed by atoms with Crippen LogP contribution in [0.15, 0.2) is 29.6 Å². The van der Waals surface area contributed by atoms with Gasteiger partial charge in [-0.1, -0.05) is 6.92 Å². The molecule has 1 aromatic carbocycles. The van der Waals surface area contributed by atoms with Gasteiger partial charge in [-0.15, -0.1) is 11.3 Å². The number of rotatable bonds is 6. The summed E-state index contributed by atoms with van der Waals surface area (Å²) >= 11 is 1.69. The molecular formula is C22H29FN4O2S. The number of halogens is 1. The number of aromatic nitrogens is 1. The number of amides is 1. The molecule has 1 aromatic heterocycles. The summed E-state index contributed by atoms with van der Waals surface area (Å²) in [6.45, 7) is 8.42. The molecule has 6 nitrogen and oxygen atoms in total. The van der Waals surface area contributed by atoms with Crippen molar-refractivity contribution in [3.05, 3.63) is 41.2 Å². The van der Waals surface area contributed by atoms with Crippen molar-refractivity contribution in [1.82, 2.24) is 14.8 Å². The van der Waals surface area contributed by atoms with Gasteiger partial charge in [0.15, 0.2) is 11.7 Å². The van der Waals surface area contributed by atoms with Crippen LogP contribution >= 0.6 is 11.3 Å². The maximum absolute atomic E-state index is 12.9. The van der Waals surface area contributed by atoms with Gasteiger partial charge in [0.1, 0.15) is 11.6 Å². The van der Waals surface area contributed by atoms with E-state index in [1.54, 1.807) is 11.3 Å². The maximum Gasteiger partial charge on any atom is 0.260 e. The first kappa shape index (κ1) is 21.1. The Morgan fingerprint density at radius 3 is 2.53 bits per heavy atom. The van der Waals surface area contributed by atoms with E-state index in [4.69, 9.17) is 9.72 Å². The van der Waals surface area contributed by atoms with Crippen molar-refractivity contribution in [2.45, 2.75) is 26.3 Å². The van der Waals surface area contributed by atoms with Gasteiger partial charge in [-0.3, -0.25) is 9.69 Å². The number of benzene rings is 1. The number of piperidine rings is 1. The number of carbonyl (C=O) groups excluding carboxylic acids is 1. The molecule has 0 aliphatic carbocycles. The summed E-state index contributed by atoms with van der Waals surface area (Å²) in [5.41, 5.74) is 1.15. The Kier molecular flexibility index (Phi) is 6.84. The number of nitrogens with zero attached hydrogens (tertiary/aromatic N) is 4. The molecule has 2 saturated heterocycles. The molecular weight excluding hydrogens is 403 g/mol. The molecule has 0 radical (unpaired) electrons. The van der Waals surface area contributed by atoms with E-state index in [0.717, 1.165) is 49.5 Å². The Labute approximate surface area is 181 Å². The smallest absolute Gasteiger partial charge is 0.260 e. The lowest BCUT2D eigenvalue weighted by atomic mass is 9.99. The highest BCUT2D eigenvalue weighted by Gasteiger charge is 2.24. The van der Waals surface area contributed by atoms with Crippen LogP contribution in [-0.4, -0.2) is 66.6 Å². The zero-order chi connectivity index (χ0) is 20.9. The number of ether oxygens (including phenoxy) is 1. The zero-order valence-corrected chi connectivity index (χ0v) is 18.2. The van der Waals surface area contributed by atoms with Crippen molar-refractivity contribution in [3.63, 3.8) is 0 Å². The van der Waals surface area contributed by atoms with Crippen LogP contribution in [-0.2, 0) is 11.3 Å². The normalized spacial score (nSPS) is 18.6. The number of anilines is 1. The van der Waals surface area contributed by atoms with Crippen molar-refractivity contribution in [2.75, 3.05) is 50.8 Å². The highest BCUT2D eigenvalue weighted by molar-refractivity contribution is 7.13. The number of piperazine rings is 1. The number of likely N-dealkylation sites (tertiary alicyclic amines) is 1. The molecule has 4 rings (SSSR count). The number of hydrogen-bond donors (Lipinski definition) is 0. The lowest BCUT2D eigenvalue weighted by Crippen LogP contribution is -2.50. The van der Waals surface area contributed by atoms with E-state index in [1.165, 1.54) is 37.1 Å². The standard InChI is InChI=1S/C22H29FN4O2S/c1-17-6-8-25(9-7-17)14-19-16-30-22(24-19)27-12-10-26(11-13-27)21(28)15-29-20-4-2-18(23)3-5-20/h2-5,16-17H,6-15H2,1H3. The summed E-state index contributed by atoms with van der Waals surface area (Å²) in [5.74, 6) is 0.980. The molecule has 0 spiro atoms. The molecule has 0 saturated carbocycles. The Morgan fingerprint density at radius 2 is 1.83 bits per heavy atom. The topological polar surface area (TPSA) is 48.9 Å². The molecule has 1 amide bonds. The molecule has 2 aromatic rings. The first-order chi connectivity index (χ1) is 14.6. The Morgan fingerprint density at radius 1 is 1.13 bits per heavy atom. The average Bonchev–Trinajstić information content (AvgIpc) is 3.23. The molecule has 2 fully saturated rings. The Balaban J connectivity index is 1.22. The van der Waals surface area contributed by atoms with Crippen molar-refractivity contribution < 1.29 is 13.9 Å². The van der Waals surface area contributed by atoms with Crippen molar-refractivity contribution in [2.24, 2.45) is 5.92 Å². The maximum atomic E-state index is 12.9. The van der Waals surface area contributed by atoms with E-state index in [2.05, 4.69) is 22.1 Å². The minimum Gasteiger partial charge on any atom is -0.484 e. The van der Waals surface area contributed by atoms with Gasteiger partial charge in [-0.25, -0.2) is 9.37 Å². The third-order valence-corrected chi connectivity index (χ3v) is 6.83. The Hall–Kier alpha value is -2.19. The highest BCUT2D eigenvalue weighted by atomic mass is 32.1. The van der Waals surface area contributed by atoms with E-state index in [0.29, 0.717) is 18.8 Å². The van der Waals surface area contributed by atoms with Gasteiger partial charge >= 0.3 is 0 Å². The molecule has 2 aliphatic rings. The minimum absolute atomic E-state index is 0.0263. The van der Waals surface area contributed by atoms with Gasteiger partial charge < -0.3 is 14.5 Å². The second kappa shape index (κ2) is 9.75. The van der Waals surface area contributed by atoms with Crippen LogP contribution in [0.5, 0.6) is 5.75 Å². The molecule has 0 bridgehead atoms. The van der Waals surface area contributed by atoms with Crippen molar-refractivity contribution >= 4 is 22.4 Å². The summed E-state index contributed by atoms with van der Waals surface area (Å²) < 4.78 is 18.4. The van der Waals surface area contributed by atoms with E-state index in [1.807, 2.05) is 4.90 Å². The van der Waals surface area contributed by atoms with Crippen LogP contribution < -0.4 is 9.64 Å². The van der Waals surface area contributed by atoms with E-state index in [-0.39, 0.29) is 18.3 Å². The molecule has 2 aliphatic heterocycles. The van der Waals surface area contributed by atoms with E-state index < -0.39 is 0 Å². The third kappa shape index (κ3) is 5.49. The van der Waals surface area contributed by atoms with Gasteiger partial charge in [-0.2, -0.15) is 0 Å². The number of hydrogen-bond acceptors (Lipinski definition) is 6. The second-order valence-corrected chi connectivity index (χ2v) is 9.03. The molecule has 0 unspecified atom stereocenters. The van der Waals surface area contributed by atoms with Crippen molar-refractivity contribution in [1.29, 1.82) is 0 Å². The van der Waals surface area contributed by atoms with E-state index in [9.17, 15) is 9.18 Å². The summed E-state index contributed by atoms with van der Waals surface area (Å²) in [4.78, 5) is 23.8. The van der Waals surface area contributed by atoms with Crippen LogP contribution in [0.2, 0.25) is 0 Å². The monoisotopic (exact) mass is 432 g/mol. The molecule has 30 heavy (non-hydrogen) atoms. The highest BCUT2D eigenvalue weighted by Crippen LogP contribution is 2.24. The predicted octanol–water partition coefficient (Wildman–Crippen LogP) is 3.24. The van der Waals surface area contributed by atoms with Gasteiger partial charge in [0, 0.05) is 38.1 Å². The van der Waals surface area contributed by atoms with Crippen molar-refractivity contribution in [3.8, 4) is 5.75 Å². The second-order valence-electron chi connectivity index (χ2n) is 8.19. The quantitative estimate of drug-likeness (QED) is 0.701. The SMILES string of the molecule is CC1CCN(Cc2csc(N3CCN(C(=O)COc4ccc(F)cc4)CC3)n2)CC1. The molecule has 8 heteroatoms. The first-order valence-electron chi connectivity index (χ1n) is 10.6. The fraction of sp³-hybridized carbons (Fsp3) is 0.545.